The van der Waals surface area contributed by atoms with Crippen LogP contribution in [0.25, 0.3) is 6.08 Å². The van der Waals surface area contributed by atoms with Crippen LogP contribution in [0.2, 0.25) is 0 Å². The van der Waals surface area contributed by atoms with Crippen molar-refractivity contribution in [3.05, 3.63) is 97.9 Å². The lowest BCUT2D eigenvalue weighted by atomic mass is 10.1. The molecule has 0 saturated carbocycles. The lowest BCUT2D eigenvalue weighted by Gasteiger charge is -2.17. The lowest BCUT2D eigenvalue weighted by molar-refractivity contribution is -0.113. The van der Waals surface area contributed by atoms with Crippen LogP contribution >= 0.6 is 27.7 Å². The van der Waals surface area contributed by atoms with Crippen molar-refractivity contribution in [3.8, 4) is 0 Å². The maximum Gasteiger partial charge on any atom is 0.271 e. The monoisotopic (exact) mass is 490 g/mol. The Kier molecular flexibility index (Phi) is 6.17. The topological polar surface area (TPSA) is 32.7 Å². The zero-order chi connectivity index (χ0) is 22.1. The van der Waals surface area contributed by atoms with Crippen molar-refractivity contribution in [2.45, 2.75) is 27.7 Å². The number of anilines is 1. The molecule has 0 aromatic heterocycles. The molecule has 0 spiro atoms. The third-order valence-electron chi connectivity index (χ3n) is 5.44. The highest BCUT2D eigenvalue weighted by Gasteiger charge is 2.35. The molecule has 1 fully saturated rings. The van der Waals surface area contributed by atoms with E-state index in [2.05, 4.69) is 55.8 Å². The van der Waals surface area contributed by atoms with Crippen LogP contribution in [0.3, 0.4) is 0 Å². The van der Waals surface area contributed by atoms with E-state index in [4.69, 9.17) is 4.99 Å². The molecule has 1 saturated heterocycles. The van der Waals surface area contributed by atoms with Crippen molar-refractivity contribution in [1.29, 1.82) is 0 Å². The predicted molar refractivity (Wildman–Crippen MR) is 136 cm³/mol. The van der Waals surface area contributed by atoms with Gasteiger partial charge in [0.15, 0.2) is 5.17 Å². The molecule has 0 aliphatic carbocycles. The molecule has 0 unspecified atom stereocenters. The lowest BCUT2D eigenvalue weighted by Crippen LogP contribution is -2.28. The summed E-state index contributed by atoms with van der Waals surface area (Å²) in [6.07, 6.45) is 1.93. The van der Waals surface area contributed by atoms with E-state index in [0.29, 0.717) is 10.1 Å². The molecule has 3 nitrogen and oxygen atoms in total. The van der Waals surface area contributed by atoms with Gasteiger partial charge in [0.25, 0.3) is 5.91 Å². The number of aryl methyl sites for hydroxylation is 4. The maximum atomic E-state index is 13.4. The average Bonchev–Trinajstić information content (AvgIpc) is 3.03. The number of hydrogen-bond acceptors (Lipinski definition) is 3. The predicted octanol–water partition coefficient (Wildman–Crippen LogP) is 7.49. The molecular weight excluding hydrogens is 468 g/mol. The first kappa shape index (κ1) is 21.6. The molecule has 4 rings (SSSR count). The van der Waals surface area contributed by atoms with Gasteiger partial charge in [-0.05, 0) is 110 Å². The van der Waals surface area contributed by atoms with Crippen LogP contribution in [0.15, 0.2) is 75.0 Å². The third kappa shape index (κ3) is 4.68. The smallest absolute Gasteiger partial charge is 0.268 e. The molecule has 5 heteroatoms. The van der Waals surface area contributed by atoms with Crippen LogP contribution in [0.1, 0.15) is 27.8 Å². The van der Waals surface area contributed by atoms with Gasteiger partial charge in [0.2, 0.25) is 0 Å². The molecule has 31 heavy (non-hydrogen) atoms. The van der Waals surface area contributed by atoms with Crippen LogP contribution in [0, 0.1) is 27.7 Å². The average molecular weight is 491 g/mol. The van der Waals surface area contributed by atoms with Gasteiger partial charge in [-0.1, -0.05) is 40.2 Å². The number of hydrogen-bond donors (Lipinski definition) is 0. The number of carbonyl (C=O) groups excluding carboxylic acids is 1. The number of aliphatic imine (C=N–C) groups is 1. The Labute approximate surface area is 196 Å². The Morgan fingerprint density at radius 3 is 2.13 bits per heavy atom. The van der Waals surface area contributed by atoms with Crippen molar-refractivity contribution in [1.82, 2.24) is 0 Å². The molecule has 1 aliphatic heterocycles. The van der Waals surface area contributed by atoms with Gasteiger partial charge in [-0.15, -0.1) is 0 Å². The van der Waals surface area contributed by atoms with E-state index in [-0.39, 0.29) is 5.91 Å². The summed E-state index contributed by atoms with van der Waals surface area (Å²) < 4.78 is 1.01. The van der Waals surface area contributed by atoms with E-state index >= 15 is 0 Å². The fraction of sp³-hybridized carbons (Fsp3) is 0.154. The minimum Gasteiger partial charge on any atom is -0.268 e. The molecule has 3 aromatic carbocycles. The van der Waals surface area contributed by atoms with Gasteiger partial charge >= 0.3 is 0 Å². The molecular formula is C26H23BrN2OS. The number of nitrogens with zero attached hydrogens (tertiary/aromatic N) is 2. The zero-order valence-corrected chi connectivity index (χ0v) is 20.3. The maximum absolute atomic E-state index is 13.4. The molecule has 0 atom stereocenters. The zero-order valence-electron chi connectivity index (χ0n) is 17.9. The summed E-state index contributed by atoms with van der Waals surface area (Å²) >= 11 is 4.87. The first-order chi connectivity index (χ1) is 14.8. The van der Waals surface area contributed by atoms with Gasteiger partial charge in [0.05, 0.1) is 16.3 Å². The van der Waals surface area contributed by atoms with Crippen molar-refractivity contribution in [3.63, 3.8) is 0 Å². The number of amides is 1. The molecule has 0 radical (unpaired) electrons. The Hall–Kier alpha value is -2.63. The molecule has 0 N–H and O–H groups in total. The number of rotatable bonds is 3. The van der Waals surface area contributed by atoms with E-state index < -0.39 is 0 Å². The Morgan fingerprint density at radius 2 is 1.48 bits per heavy atom. The van der Waals surface area contributed by atoms with Gasteiger partial charge in [0, 0.05) is 4.47 Å². The van der Waals surface area contributed by atoms with Gasteiger partial charge in [-0.25, -0.2) is 4.99 Å². The van der Waals surface area contributed by atoms with Crippen LogP contribution in [-0.2, 0) is 4.79 Å². The van der Waals surface area contributed by atoms with Crippen molar-refractivity contribution >= 4 is 56.2 Å². The summed E-state index contributed by atoms with van der Waals surface area (Å²) in [5, 5.41) is 0.667. The van der Waals surface area contributed by atoms with Crippen LogP contribution in [0.5, 0.6) is 0 Å². The van der Waals surface area contributed by atoms with Crippen LogP contribution < -0.4 is 4.90 Å². The summed E-state index contributed by atoms with van der Waals surface area (Å²) in [7, 11) is 0. The second-order valence-electron chi connectivity index (χ2n) is 7.73. The van der Waals surface area contributed by atoms with Crippen LogP contribution in [0.4, 0.5) is 11.4 Å². The van der Waals surface area contributed by atoms with E-state index in [1.807, 2.05) is 54.6 Å². The van der Waals surface area contributed by atoms with Gasteiger partial charge in [0.1, 0.15) is 0 Å². The molecule has 3 aromatic rings. The van der Waals surface area contributed by atoms with Gasteiger partial charge < -0.3 is 0 Å². The highest BCUT2D eigenvalue weighted by molar-refractivity contribution is 9.10. The number of carbonyl (C=O) groups is 1. The SMILES string of the molecule is Cc1ccc(N=C2S/C(=C\c3ccc(Br)cc3)C(=O)N2c2ccc(C)c(C)c2)cc1C. The third-order valence-corrected chi connectivity index (χ3v) is 6.94. The standard InChI is InChI=1S/C26H23BrN2OS/c1-16-5-11-22(13-18(16)3)28-26-29(23-12-6-17(2)19(4)14-23)25(30)24(31-26)15-20-7-9-21(27)10-8-20/h5-15H,1-4H3/b24-15-,28-26?. The number of amidine groups is 1. The summed E-state index contributed by atoms with van der Waals surface area (Å²) in [6.45, 7) is 8.29. The molecule has 1 heterocycles. The second-order valence-corrected chi connectivity index (χ2v) is 9.66. The normalized spacial score (nSPS) is 16.5. The first-order valence-electron chi connectivity index (χ1n) is 10.0. The largest absolute Gasteiger partial charge is 0.271 e. The Bertz CT molecular complexity index is 1230. The molecule has 156 valence electrons. The van der Waals surface area contributed by atoms with Gasteiger partial charge in [-0.3, -0.25) is 9.69 Å². The highest BCUT2D eigenvalue weighted by Crippen LogP contribution is 2.38. The number of benzene rings is 3. The van der Waals surface area contributed by atoms with Crippen LogP contribution in [-0.4, -0.2) is 11.1 Å². The fourth-order valence-corrected chi connectivity index (χ4v) is 4.52. The fourth-order valence-electron chi connectivity index (χ4n) is 3.26. The van der Waals surface area contributed by atoms with Crippen molar-refractivity contribution in [2.24, 2.45) is 4.99 Å². The molecule has 1 amide bonds. The Morgan fingerprint density at radius 1 is 0.839 bits per heavy atom. The quantitative estimate of drug-likeness (QED) is 0.356. The summed E-state index contributed by atoms with van der Waals surface area (Å²) in [5.41, 5.74) is 7.40. The van der Waals surface area contributed by atoms with Gasteiger partial charge in [-0.2, -0.15) is 0 Å². The van der Waals surface area contributed by atoms with Crippen molar-refractivity contribution < 1.29 is 4.79 Å². The summed E-state index contributed by atoms with van der Waals surface area (Å²) in [4.78, 5) is 20.7. The minimum atomic E-state index is -0.0567. The highest BCUT2D eigenvalue weighted by atomic mass is 79.9. The minimum absolute atomic E-state index is 0.0567. The molecule has 0 bridgehead atoms. The second kappa shape index (κ2) is 8.85. The Balaban J connectivity index is 1.80. The summed E-state index contributed by atoms with van der Waals surface area (Å²) in [6, 6.07) is 20.1. The van der Waals surface area contributed by atoms with E-state index in [1.165, 1.54) is 28.5 Å². The first-order valence-corrected chi connectivity index (χ1v) is 11.7. The van der Waals surface area contributed by atoms with E-state index in [9.17, 15) is 4.79 Å². The van der Waals surface area contributed by atoms with Crippen molar-refractivity contribution in [2.75, 3.05) is 4.90 Å². The molecule has 1 aliphatic rings. The van der Waals surface area contributed by atoms with E-state index in [0.717, 1.165) is 27.0 Å². The van der Waals surface area contributed by atoms with E-state index in [1.54, 1.807) is 4.90 Å². The number of thioether (sulfide) groups is 1. The summed E-state index contributed by atoms with van der Waals surface area (Å²) in [5.74, 6) is -0.0567. The number of halogens is 1.